The average molecular weight is 477 g/mol. The number of aromatic nitrogens is 3. The number of H-pyrrole nitrogens is 1. The van der Waals surface area contributed by atoms with E-state index in [0.717, 1.165) is 16.6 Å². The third-order valence-corrected chi connectivity index (χ3v) is 7.81. The highest BCUT2D eigenvalue weighted by atomic mass is 15.2. The summed E-state index contributed by atoms with van der Waals surface area (Å²) in [6.07, 6.45) is 13.4. The van der Waals surface area contributed by atoms with E-state index in [-0.39, 0.29) is 6.04 Å². The predicted octanol–water partition coefficient (Wildman–Crippen LogP) is 7.63. The molecule has 8 rings (SSSR count). The average Bonchev–Trinajstić information content (AvgIpc) is 3.69. The topological polar surface area (TPSA) is 36.9 Å². The molecule has 6 aromatic rings. The van der Waals surface area contributed by atoms with Crippen LogP contribution in [-0.2, 0) is 0 Å². The molecule has 176 valence electrons. The molecular weight excluding hydrogens is 452 g/mol. The number of hydrogen-bond acceptors (Lipinski definition) is 2. The summed E-state index contributed by atoms with van der Waals surface area (Å²) in [7, 11) is 0. The van der Waals surface area contributed by atoms with Crippen molar-refractivity contribution in [2.45, 2.75) is 6.04 Å². The molecule has 1 aliphatic carbocycles. The number of nitrogens with one attached hydrogen (secondary N) is 1. The quantitative estimate of drug-likeness (QED) is 0.285. The highest BCUT2D eigenvalue weighted by Gasteiger charge is 2.35. The van der Waals surface area contributed by atoms with Crippen molar-refractivity contribution in [3.05, 3.63) is 133 Å². The van der Waals surface area contributed by atoms with Crippen LogP contribution in [0.15, 0.2) is 128 Å². The molecule has 2 aromatic heterocycles. The third kappa shape index (κ3) is 2.93. The van der Waals surface area contributed by atoms with Gasteiger partial charge < -0.3 is 9.47 Å². The van der Waals surface area contributed by atoms with Crippen LogP contribution in [0.3, 0.4) is 0 Å². The number of allylic oxidation sites excluding steroid dienone is 2. The molecule has 0 radical (unpaired) electrons. The van der Waals surface area contributed by atoms with Gasteiger partial charge >= 0.3 is 0 Å². The number of aromatic amines is 1. The minimum absolute atomic E-state index is 0.203. The Kier molecular flexibility index (Phi) is 4.31. The zero-order valence-electron chi connectivity index (χ0n) is 20.1. The Labute approximate surface area is 214 Å². The molecule has 0 bridgehead atoms. The minimum Gasteiger partial charge on any atom is -0.340 e. The van der Waals surface area contributed by atoms with Gasteiger partial charge in [0, 0.05) is 45.2 Å². The molecule has 0 amide bonds. The fourth-order valence-electron chi connectivity index (χ4n) is 6.23. The number of anilines is 1. The lowest BCUT2D eigenvalue weighted by Gasteiger charge is -2.33. The fourth-order valence-corrected chi connectivity index (χ4v) is 6.23. The Morgan fingerprint density at radius 2 is 1.46 bits per heavy atom. The molecule has 4 heteroatoms. The molecule has 2 atom stereocenters. The zero-order chi connectivity index (χ0) is 24.3. The Morgan fingerprint density at radius 3 is 2.30 bits per heavy atom. The van der Waals surface area contributed by atoms with Gasteiger partial charge in [-0.1, -0.05) is 85.0 Å². The maximum atomic E-state index is 4.38. The first-order valence-electron chi connectivity index (χ1n) is 12.7. The normalized spacial score (nSPS) is 18.7. The molecule has 3 heterocycles. The molecule has 0 saturated carbocycles. The van der Waals surface area contributed by atoms with Gasteiger partial charge in [0.2, 0.25) is 0 Å². The summed E-state index contributed by atoms with van der Waals surface area (Å²) in [6, 6.07) is 32.7. The number of fused-ring (bicyclic) bond motifs is 6. The minimum atomic E-state index is 0.203. The summed E-state index contributed by atoms with van der Waals surface area (Å²) in [6.45, 7) is 0. The molecule has 1 N–H and O–H groups in total. The van der Waals surface area contributed by atoms with Crippen molar-refractivity contribution in [3.8, 4) is 5.69 Å². The summed E-state index contributed by atoms with van der Waals surface area (Å²) in [5.74, 6) is 0.325. The van der Waals surface area contributed by atoms with Crippen molar-refractivity contribution in [3.63, 3.8) is 0 Å². The van der Waals surface area contributed by atoms with Gasteiger partial charge in [-0.25, -0.2) is 0 Å². The number of rotatable bonds is 3. The van der Waals surface area contributed by atoms with E-state index < -0.39 is 0 Å². The monoisotopic (exact) mass is 476 g/mol. The van der Waals surface area contributed by atoms with Crippen molar-refractivity contribution in [2.24, 2.45) is 5.92 Å². The lowest BCUT2D eigenvalue weighted by molar-refractivity contribution is 0.719. The smallest absolute Gasteiger partial charge is 0.0690 e. The number of para-hydroxylation sites is 3. The molecule has 0 fully saturated rings. The van der Waals surface area contributed by atoms with Gasteiger partial charge in [0.05, 0.1) is 28.8 Å². The van der Waals surface area contributed by atoms with Crippen molar-refractivity contribution in [1.82, 2.24) is 14.8 Å². The van der Waals surface area contributed by atoms with Crippen LogP contribution < -0.4 is 4.90 Å². The highest BCUT2D eigenvalue weighted by Crippen LogP contribution is 2.44. The summed E-state index contributed by atoms with van der Waals surface area (Å²) in [5.41, 5.74) is 8.42. The van der Waals surface area contributed by atoms with E-state index in [9.17, 15) is 0 Å². The molecular formula is C33H24N4. The molecule has 4 aromatic carbocycles. The van der Waals surface area contributed by atoms with Gasteiger partial charge in [-0.3, -0.25) is 5.10 Å². The predicted molar refractivity (Wildman–Crippen MR) is 153 cm³/mol. The lowest BCUT2D eigenvalue weighted by atomic mass is 9.84. The second-order valence-electron chi connectivity index (χ2n) is 9.78. The van der Waals surface area contributed by atoms with Crippen LogP contribution in [-0.4, -0.2) is 20.8 Å². The van der Waals surface area contributed by atoms with Crippen molar-refractivity contribution >= 4 is 44.0 Å². The van der Waals surface area contributed by atoms with Gasteiger partial charge in [0.1, 0.15) is 0 Å². The molecule has 0 saturated heterocycles. The summed E-state index contributed by atoms with van der Waals surface area (Å²) >= 11 is 0. The van der Waals surface area contributed by atoms with Crippen LogP contribution in [0.4, 0.5) is 5.69 Å². The zero-order valence-corrected chi connectivity index (χ0v) is 20.1. The van der Waals surface area contributed by atoms with Crippen LogP contribution in [0.5, 0.6) is 0 Å². The van der Waals surface area contributed by atoms with Crippen molar-refractivity contribution in [1.29, 1.82) is 0 Å². The van der Waals surface area contributed by atoms with Gasteiger partial charge in [0.25, 0.3) is 0 Å². The molecule has 0 spiro atoms. The van der Waals surface area contributed by atoms with Crippen molar-refractivity contribution < 1.29 is 0 Å². The summed E-state index contributed by atoms with van der Waals surface area (Å²) in [4.78, 5) is 2.42. The van der Waals surface area contributed by atoms with E-state index in [0.29, 0.717) is 5.92 Å². The standard InChI is InChI=1S/C33H24N4/c1-3-10-23(11-4-1)36-20-19-22-9-7-14-25(31(22)36)26-15-8-16-27-28-17-18-30-29(21-34-35-30)33(28)37(32(26)27)24-12-5-2-6-13-24/h1-22,31H,(H,34,35). The second-order valence-corrected chi connectivity index (χ2v) is 9.78. The van der Waals surface area contributed by atoms with Crippen LogP contribution in [0.25, 0.3) is 44.0 Å². The number of benzene rings is 4. The van der Waals surface area contributed by atoms with E-state index in [1.165, 1.54) is 38.6 Å². The molecule has 1 aliphatic heterocycles. The first kappa shape index (κ1) is 20.4. The van der Waals surface area contributed by atoms with Gasteiger partial charge in [-0.2, -0.15) is 5.10 Å². The Morgan fingerprint density at radius 1 is 0.676 bits per heavy atom. The SMILES string of the molecule is C1=CC2C=CN(c3ccccc3)C2C(c2cccc3c4ccc5[nH]ncc5c4n(-c4ccccc4)c23)=C1. The maximum Gasteiger partial charge on any atom is 0.0690 e. The van der Waals surface area contributed by atoms with E-state index >= 15 is 0 Å². The first-order valence-corrected chi connectivity index (χ1v) is 12.7. The van der Waals surface area contributed by atoms with E-state index in [1.807, 2.05) is 6.20 Å². The molecule has 2 unspecified atom stereocenters. The lowest BCUT2D eigenvalue weighted by Crippen LogP contribution is -2.33. The Bertz CT molecular complexity index is 1890. The highest BCUT2D eigenvalue weighted by molar-refractivity contribution is 6.19. The van der Waals surface area contributed by atoms with Gasteiger partial charge in [-0.05, 0) is 35.9 Å². The van der Waals surface area contributed by atoms with E-state index in [1.54, 1.807) is 0 Å². The van der Waals surface area contributed by atoms with Crippen LogP contribution in [0.2, 0.25) is 0 Å². The van der Waals surface area contributed by atoms with Crippen LogP contribution in [0.1, 0.15) is 5.56 Å². The summed E-state index contributed by atoms with van der Waals surface area (Å²) < 4.78 is 2.43. The fraction of sp³-hybridized carbons (Fsp3) is 0.0606. The summed E-state index contributed by atoms with van der Waals surface area (Å²) in [5, 5.41) is 11.2. The van der Waals surface area contributed by atoms with Crippen LogP contribution >= 0.6 is 0 Å². The third-order valence-electron chi connectivity index (χ3n) is 7.81. The number of nitrogens with zero attached hydrogens (tertiary/aromatic N) is 3. The van der Waals surface area contributed by atoms with Crippen LogP contribution in [0, 0.1) is 5.92 Å². The van der Waals surface area contributed by atoms with Gasteiger partial charge in [-0.15, -0.1) is 0 Å². The van der Waals surface area contributed by atoms with E-state index in [4.69, 9.17) is 0 Å². The largest absolute Gasteiger partial charge is 0.340 e. The number of hydrogen-bond donors (Lipinski definition) is 1. The first-order chi connectivity index (χ1) is 18.4. The van der Waals surface area contributed by atoms with E-state index in [2.05, 4.69) is 141 Å². The maximum absolute atomic E-state index is 4.38. The molecule has 2 aliphatic rings. The Balaban J connectivity index is 1.45. The van der Waals surface area contributed by atoms with Crippen molar-refractivity contribution in [2.75, 3.05) is 4.90 Å². The van der Waals surface area contributed by atoms with Gasteiger partial charge in [0.15, 0.2) is 0 Å². The molecule has 4 nitrogen and oxygen atoms in total. The molecule has 37 heavy (non-hydrogen) atoms. The second kappa shape index (κ2) is 7.84. The Hall–Kier alpha value is -4.83.